The number of likely N-dealkylation sites (N-methyl/N-ethyl adjacent to an activating group) is 1. The van der Waals surface area contributed by atoms with Gasteiger partial charge in [-0.3, -0.25) is 0 Å². The first-order valence-corrected chi connectivity index (χ1v) is 6.84. The van der Waals surface area contributed by atoms with E-state index in [1.165, 1.54) is 16.8 Å². The zero-order valence-corrected chi connectivity index (χ0v) is 13.4. The van der Waals surface area contributed by atoms with Crippen molar-refractivity contribution in [2.75, 3.05) is 13.6 Å². The van der Waals surface area contributed by atoms with Crippen LogP contribution in [0.5, 0.6) is 0 Å². The molecule has 0 aromatic carbocycles. The predicted octanol–water partition coefficient (Wildman–Crippen LogP) is 5.17. The number of allylic oxidation sites excluding steroid dienone is 4. The number of hydrogen-bond donors (Lipinski definition) is 0. The summed E-state index contributed by atoms with van der Waals surface area (Å²) in [7, 11) is 2.12. The van der Waals surface area contributed by atoms with E-state index in [1.54, 1.807) is 0 Å². The van der Waals surface area contributed by atoms with Gasteiger partial charge in [0.25, 0.3) is 0 Å². The first-order valence-electron chi connectivity index (χ1n) is 6.84. The van der Waals surface area contributed by atoms with E-state index in [4.69, 9.17) is 0 Å². The summed E-state index contributed by atoms with van der Waals surface area (Å²) in [5, 5.41) is 0. The Kier molecular flexibility index (Phi) is 7.05. The Bertz CT molecular complexity index is 322. The van der Waals surface area contributed by atoms with E-state index < -0.39 is 0 Å². The SMILES string of the molecule is C=C(N(C)C/C=C(/C)CCC=C(C)C)C(C)(C)C. The average molecular weight is 249 g/mol. The van der Waals surface area contributed by atoms with Crippen molar-refractivity contribution in [2.24, 2.45) is 5.41 Å². The summed E-state index contributed by atoms with van der Waals surface area (Å²) < 4.78 is 0. The van der Waals surface area contributed by atoms with Gasteiger partial charge in [-0.25, -0.2) is 0 Å². The van der Waals surface area contributed by atoms with Crippen LogP contribution in [0.1, 0.15) is 54.4 Å². The smallest absolute Gasteiger partial charge is 0.0355 e. The molecule has 0 rings (SSSR count). The van der Waals surface area contributed by atoms with E-state index in [2.05, 4.69) is 72.2 Å². The van der Waals surface area contributed by atoms with Crippen molar-refractivity contribution in [2.45, 2.75) is 54.4 Å². The van der Waals surface area contributed by atoms with Gasteiger partial charge < -0.3 is 4.90 Å². The van der Waals surface area contributed by atoms with Gasteiger partial charge in [0.05, 0.1) is 0 Å². The van der Waals surface area contributed by atoms with Crippen LogP contribution in [0.3, 0.4) is 0 Å². The molecule has 0 aromatic heterocycles. The molecule has 104 valence electrons. The summed E-state index contributed by atoms with van der Waals surface area (Å²) in [5.74, 6) is 0. The van der Waals surface area contributed by atoms with E-state index in [1.807, 2.05) is 0 Å². The van der Waals surface area contributed by atoms with E-state index >= 15 is 0 Å². The van der Waals surface area contributed by atoms with Gasteiger partial charge >= 0.3 is 0 Å². The molecule has 0 aromatic rings. The minimum Gasteiger partial charge on any atom is -0.374 e. The molecule has 0 heterocycles. The quantitative estimate of drug-likeness (QED) is 0.587. The Morgan fingerprint density at radius 3 is 2.11 bits per heavy atom. The van der Waals surface area contributed by atoms with Crippen LogP contribution >= 0.6 is 0 Å². The number of nitrogens with zero attached hydrogens (tertiary/aromatic N) is 1. The fraction of sp³-hybridized carbons (Fsp3) is 0.647. The highest BCUT2D eigenvalue weighted by Gasteiger charge is 2.17. The fourth-order valence-corrected chi connectivity index (χ4v) is 1.67. The molecule has 0 saturated heterocycles. The number of hydrogen-bond acceptors (Lipinski definition) is 1. The fourth-order valence-electron chi connectivity index (χ4n) is 1.67. The van der Waals surface area contributed by atoms with Gasteiger partial charge in [0, 0.05) is 24.7 Å². The van der Waals surface area contributed by atoms with E-state index in [9.17, 15) is 0 Å². The molecule has 0 unspecified atom stereocenters. The zero-order valence-electron chi connectivity index (χ0n) is 13.4. The molecule has 0 aliphatic rings. The Labute approximate surface area is 114 Å². The van der Waals surface area contributed by atoms with Crippen molar-refractivity contribution < 1.29 is 0 Å². The Balaban J connectivity index is 4.21. The summed E-state index contributed by atoms with van der Waals surface area (Å²) in [6.45, 7) is 18.3. The molecule has 0 atom stereocenters. The van der Waals surface area contributed by atoms with Crippen LogP contribution < -0.4 is 0 Å². The van der Waals surface area contributed by atoms with Crippen molar-refractivity contribution in [1.82, 2.24) is 4.90 Å². The lowest BCUT2D eigenvalue weighted by atomic mass is 9.92. The van der Waals surface area contributed by atoms with E-state index in [-0.39, 0.29) is 5.41 Å². The van der Waals surface area contributed by atoms with Crippen LogP contribution in [0, 0.1) is 5.41 Å². The van der Waals surface area contributed by atoms with Gasteiger partial charge in [0.15, 0.2) is 0 Å². The van der Waals surface area contributed by atoms with E-state index in [0.29, 0.717) is 0 Å². The normalized spacial score (nSPS) is 12.3. The third-order valence-corrected chi connectivity index (χ3v) is 3.13. The summed E-state index contributed by atoms with van der Waals surface area (Å²) in [4.78, 5) is 2.24. The maximum absolute atomic E-state index is 4.18. The minimum absolute atomic E-state index is 0.151. The Morgan fingerprint density at radius 1 is 1.11 bits per heavy atom. The maximum Gasteiger partial charge on any atom is 0.0355 e. The highest BCUT2D eigenvalue weighted by atomic mass is 15.1. The second-order valence-corrected chi connectivity index (χ2v) is 6.45. The van der Waals surface area contributed by atoms with Crippen molar-refractivity contribution in [3.05, 3.63) is 35.6 Å². The van der Waals surface area contributed by atoms with Crippen molar-refractivity contribution in [1.29, 1.82) is 0 Å². The molecular formula is C17H31N. The molecule has 0 bridgehead atoms. The van der Waals surface area contributed by atoms with Gasteiger partial charge in [-0.05, 0) is 33.6 Å². The number of rotatable bonds is 6. The van der Waals surface area contributed by atoms with Crippen LogP contribution in [0.2, 0.25) is 0 Å². The monoisotopic (exact) mass is 249 g/mol. The van der Waals surface area contributed by atoms with Gasteiger partial charge in [0.2, 0.25) is 0 Å². The summed E-state index contributed by atoms with van der Waals surface area (Å²) in [6.07, 6.45) is 6.92. The van der Waals surface area contributed by atoms with Crippen molar-refractivity contribution in [3.63, 3.8) is 0 Å². The van der Waals surface area contributed by atoms with Crippen LogP contribution in [0.25, 0.3) is 0 Å². The van der Waals surface area contributed by atoms with Gasteiger partial charge in [-0.1, -0.05) is 50.6 Å². The molecular weight excluding hydrogens is 218 g/mol. The molecule has 0 spiro atoms. The highest BCUT2D eigenvalue weighted by molar-refractivity contribution is 5.08. The van der Waals surface area contributed by atoms with Gasteiger partial charge in [-0.2, -0.15) is 0 Å². The summed E-state index contributed by atoms with van der Waals surface area (Å²) >= 11 is 0. The van der Waals surface area contributed by atoms with Crippen LogP contribution in [-0.2, 0) is 0 Å². The molecule has 1 heteroatoms. The molecule has 0 aliphatic carbocycles. The molecule has 0 N–H and O–H groups in total. The minimum atomic E-state index is 0.151. The standard InChI is InChI=1S/C17H31N/c1-14(2)10-9-11-15(3)12-13-18(8)16(4)17(5,6)7/h10,12H,4,9,11,13H2,1-3,5-8H3/b15-12-. The van der Waals surface area contributed by atoms with Crippen LogP contribution in [0.15, 0.2) is 35.6 Å². The molecule has 0 amide bonds. The summed E-state index contributed by atoms with van der Waals surface area (Å²) in [5.41, 5.74) is 4.20. The summed E-state index contributed by atoms with van der Waals surface area (Å²) in [6, 6.07) is 0. The first kappa shape index (κ1) is 17.0. The molecule has 0 fully saturated rings. The van der Waals surface area contributed by atoms with Gasteiger partial charge in [0.1, 0.15) is 0 Å². The lowest BCUT2D eigenvalue weighted by molar-refractivity contribution is 0.334. The molecule has 18 heavy (non-hydrogen) atoms. The molecule has 0 radical (unpaired) electrons. The third-order valence-electron chi connectivity index (χ3n) is 3.13. The van der Waals surface area contributed by atoms with Crippen molar-refractivity contribution in [3.8, 4) is 0 Å². The largest absolute Gasteiger partial charge is 0.374 e. The van der Waals surface area contributed by atoms with E-state index in [0.717, 1.165) is 19.4 Å². The Morgan fingerprint density at radius 2 is 1.67 bits per heavy atom. The highest BCUT2D eigenvalue weighted by Crippen LogP contribution is 2.25. The topological polar surface area (TPSA) is 3.24 Å². The molecule has 0 saturated carbocycles. The van der Waals surface area contributed by atoms with Crippen molar-refractivity contribution >= 4 is 0 Å². The lowest BCUT2D eigenvalue weighted by Crippen LogP contribution is -2.26. The maximum atomic E-state index is 4.18. The second-order valence-electron chi connectivity index (χ2n) is 6.45. The Hall–Kier alpha value is -0.980. The lowest BCUT2D eigenvalue weighted by Gasteiger charge is -2.30. The van der Waals surface area contributed by atoms with Gasteiger partial charge in [-0.15, -0.1) is 0 Å². The molecule has 0 aliphatic heterocycles. The first-order chi connectivity index (χ1) is 8.14. The molecule has 1 nitrogen and oxygen atoms in total. The van der Waals surface area contributed by atoms with Crippen LogP contribution in [-0.4, -0.2) is 18.5 Å². The second kappa shape index (κ2) is 7.45. The van der Waals surface area contributed by atoms with Crippen LogP contribution in [0.4, 0.5) is 0 Å². The zero-order chi connectivity index (χ0) is 14.3. The average Bonchev–Trinajstić information content (AvgIpc) is 2.23. The predicted molar refractivity (Wildman–Crippen MR) is 83.6 cm³/mol. The third kappa shape index (κ3) is 7.37.